The van der Waals surface area contributed by atoms with Crippen molar-refractivity contribution in [1.82, 2.24) is 0 Å². The minimum absolute atomic E-state index is 0.0118. The van der Waals surface area contributed by atoms with Gasteiger partial charge in [-0.2, -0.15) is 0 Å². The summed E-state index contributed by atoms with van der Waals surface area (Å²) < 4.78 is 8.45. The van der Waals surface area contributed by atoms with E-state index < -0.39 is 36.1 Å². The Labute approximate surface area is 109 Å². The highest BCUT2D eigenvalue weighted by Crippen LogP contribution is 2.02. The minimum atomic E-state index is -1.41. The van der Waals surface area contributed by atoms with Gasteiger partial charge in [-0.3, -0.25) is 9.59 Å². The summed E-state index contributed by atoms with van der Waals surface area (Å²) >= 11 is 0. The Morgan fingerprint density at radius 3 is 1.42 bits per heavy atom. The molecule has 0 spiro atoms. The number of esters is 4. The first-order valence-electron chi connectivity index (χ1n) is 5.59. The lowest BCUT2D eigenvalue weighted by Gasteiger charge is -2.05. The standard InChI is InChI=1S/C11H16O8/c1-6(12)10(16)18-8(14)4-3-5-9(15)19-11(17)7(2)13/h6-7,12-13H,3-5H2,1-2H3. The number of carbonyl (C=O) groups excluding carboxylic acids is 4. The maximum absolute atomic E-state index is 11.1. The largest absolute Gasteiger partial charge is 0.391 e. The van der Waals surface area contributed by atoms with Gasteiger partial charge in [0.2, 0.25) is 0 Å². The second kappa shape index (κ2) is 8.33. The zero-order valence-corrected chi connectivity index (χ0v) is 10.6. The first kappa shape index (κ1) is 17.2. The SMILES string of the molecule is CC(O)C(=O)OC(=O)CCCC(=O)OC(=O)C(C)O. The average molecular weight is 276 g/mol. The van der Waals surface area contributed by atoms with Gasteiger partial charge in [0.1, 0.15) is 12.2 Å². The summed E-state index contributed by atoms with van der Waals surface area (Å²) in [6, 6.07) is 0. The highest BCUT2D eigenvalue weighted by atomic mass is 16.6. The third-order valence-corrected chi connectivity index (χ3v) is 1.87. The second-order valence-electron chi connectivity index (χ2n) is 3.79. The van der Waals surface area contributed by atoms with E-state index in [0.717, 1.165) is 13.8 Å². The van der Waals surface area contributed by atoms with E-state index in [1.54, 1.807) is 0 Å². The highest BCUT2D eigenvalue weighted by Gasteiger charge is 2.18. The maximum atomic E-state index is 11.1. The Balaban J connectivity index is 3.85. The molecule has 0 heterocycles. The third-order valence-electron chi connectivity index (χ3n) is 1.87. The Kier molecular flexibility index (Phi) is 7.54. The van der Waals surface area contributed by atoms with Crippen LogP contribution in [0, 0.1) is 0 Å². The van der Waals surface area contributed by atoms with Crippen LogP contribution in [0.15, 0.2) is 0 Å². The van der Waals surface area contributed by atoms with Crippen molar-refractivity contribution in [3.63, 3.8) is 0 Å². The molecule has 0 saturated carbocycles. The molecule has 0 aliphatic rings. The molecule has 2 unspecified atom stereocenters. The van der Waals surface area contributed by atoms with E-state index in [9.17, 15) is 19.2 Å². The summed E-state index contributed by atoms with van der Waals surface area (Å²) in [5.41, 5.74) is 0. The molecule has 8 heteroatoms. The lowest BCUT2D eigenvalue weighted by Crippen LogP contribution is -2.24. The van der Waals surface area contributed by atoms with Gasteiger partial charge in [-0.15, -0.1) is 0 Å². The molecule has 0 aromatic carbocycles. The predicted molar refractivity (Wildman–Crippen MR) is 59.4 cm³/mol. The molecule has 0 amide bonds. The molecule has 0 saturated heterocycles. The van der Waals surface area contributed by atoms with Crippen molar-refractivity contribution in [2.75, 3.05) is 0 Å². The summed E-state index contributed by atoms with van der Waals surface area (Å²) in [5.74, 6) is -3.92. The molecule has 0 aliphatic heterocycles. The molecule has 108 valence electrons. The van der Waals surface area contributed by atoms with E-state index in [1.807, 2.05) is 0 Å². The van der Waals surface area contributed by atoms with Crippen LogP contribution in [0.25, 0.3) is 0 Å². The lowest BCUT2D eigenvalue weighted by atomic mass is 10.2. The number of hydrogen-bond acceptors (Lipinski definition) is 8. The number of ether oxygens (including phenoxy) is 2. The van der Waals surface area contributed by atoms with Crippen molar-refractivity contribution >= 4 is 23.9 Å². The zero-order chi connectivity index (χ0) is 15.0. The smallest absolute Gasteiger partial charge is 0.342 e. The zero-order valence-electron chi connectivity index (χ0n) is 10.6. The summed E-state index contributed by atoms with van der Waals surface area (Å²) in [5, 5.41) is 17.5. The molecule has 0 aliphatic carbocycles. The fraction of sp³-hybridized carbons (Fsp3) is 0.636. The van der Waals surface area contributed by atoms with Crippen LogP contribution in [0.1, 0.15) is 33.1 Å². The van der Waals surface area contributed by atoms with E-state index >= 15 is 0 Å². The molecular formula is C11H16O8. The molecule has 0 fully saturated rings. The summed E-state index contributed by atoms with van der Waals surface area (Å²) in [7, 11) is 0. The molecule has 8 nitrogen and oxygen atoms in total. The van der Waals surface area contributed by atoms with Crippen LogP contribution in [0.2, 0.25) is 0 Å². The van der Waals surface area contributed by atoms with Gasteiger partial charge in [0.05, 0.1) is 0 Å². The van der Waals surface area contributed by atoms with Crippen molar-refractivity contribution in [3.05, 3.63) is 0 Å². The molecule has 0 radical (unpaired) electrons. The van der Waals surface area contributed by atoms with Crippen molar-refractivity contribution < 1.29 is 38.9 Å². The van der Waals surface area contributed by atoms with Gasteiger partial charge in [0, 0.05) is 12.8 Å². The van der Waals surface area contributed by atoms with Crippen LogP contribution in [0.3, 0.4) is 0 Å². The fourth-order valence-corrected chi connectivity index (χ4v) is 0.874. The molecule has 0 bridgehead atoms. The Morgan fingerprint density at radius 1 is 0.842 bits per heavy atom. The van der Waals surface area contributed by atoms with E-state index in [2.05, 4.69) is 9.47 Å². The number of carbonyl (C=O) groups is 4. The number of aliphatic hydroxyl groups is 2. The Hall–Kier alpha value is -1.80. The first-order chi connectivity index (χ1) is 8.73. The van der Waals surface area contributed by atoms with E-state index in [-0.39, 0.29) is 19.3 Å². The quantitative estimate of drug-likeness (QED) is 0.470. The van der Waals surface area contributed by atoms with Gasteiger partial charge < -0.3 is 19.7 Å². The fourth-order valence-electron chi connectivity index (χ4n) is 0.874. The van der Waals surface area contributed by atoms with E-state index in [0.29, 0.717) is 0 Å². The molecular weight excluding hydrogens is 260 g/mol. The summed E-state index contributed by atoms with van der Waals surface area (Å²) in [4.78, 5) is 43.7. The van der Waals surface area contributed by atoms with Gasteiger partial charge in [-0.1, -0.05) is 0 Å². The molecule has 0 aromatic heterocycles. The molecule has 2 atom stereocenters. The molecule has 2 N–H and O–H groups in total. The average Bonchev–Trinajstić information content (AvgIpc) is 2.28. The van der Waals surface area contributed by atoms with E-state index in [1.165, 1.54) is 0 Å². The van der Waals surface area contributed by atoms with Crippen molar-refractivity contribution in [1.29, 1.82) is 0 Å². The van der Waals surface area contributed by atoms with Crippen molar-refractivity contribution in [2.45, 2.75) is 45.3 Å². The summed E-state index contributed by atoms with van der Waals surface area (Å²) in [6.45, 7) is 2.29. The van der Waals surface area contributed by atoms with E-state index in [4.69, 9.17) is 10.2 Å². The minimum Gasteiger partial charge on any atom is -0.391 e. The third kappa shape index (κ3) is 8.01. The predicted octanol–water partition coefficient (Wildman–Crippen LogP) is -0.942. The van der Waals surface area contributed by atoms with Crippen LogP contribution < -0.4 is 0 Å². The van der Waals surface area contributed by atoms with Crippen LogP contribution in [0.4, 0.5) is 0 Å². The Morgan fingerprint density at radius 2 is 1.16 bits per heavy atom. The van der Waals surface area contributed by atoms with Crippen molar-refractivity contribution in [2.24, 2.45) is 0 Å². The topological polar surface area (TPSA) is 127 Å². The van der Waals surface area contributed by atoms with Gasteiger partial charge in [-0.05, 0) is 20.3 Å². The molecule has 0 aromatic rings. The van der Waals surface area contributed by atoms with Gasteiger partial charge >= 0.3 is 23.9 Å². The molecule has 0 rings (SSSR count). The van der Waals surface area contributed by atoms with Crippen LogP contribution >= 0.6 is 0 Å². The first-order valence-corrected chi connectivity index (χ1v) is 5.59. The van der Waals surface area contributed by atoms with Crippen LogP contribution in [-0.4, -0.2) is 46.3 Å². The summed E-state index contributed by atoms with van der Waals surface area (Å²) in [6.07, 6.45) is -3.28. The number of hydrogen-bond donors (Lipinski definition) is 2. The van der Waals surface area contributed by atoms with Crippen LogP contribution in [-0.2, 0) is 28.7 Å². The molecule has 19 heavy (non-hydrogen) atoms. The van der Waals surface area contributed by atoms with Gasteiger partial charge in [-0.25, -0.2) is 9.59 Å². The Bertz CT molecular complexity index is 324. The van der Waals surface area contributed by atoms with Gasteiger partial charge in [0.25, 0.3) is 0 Å². The normalized spacial score (nSPS) is 13.3. The highest BCUT2D eigenvalue weighted by molar-refractivity contribution is 5.89. The number of rotatable bonds is 6. The van der Waals surface area contributed by atoms with Crippen LogP contribution in [0.5, 0.6) is 0 Å². The monoisotopic (exact) mass is 276 g/mol. The van der Waals surface area contributed by atoms with Gasteiger partial charge in [0.15, 0.2) is 0 Å². The maximum Gasteiger partial charge on any atom is 0.342 e. The lowest BCUT2D eigenvalue weighted by molar-refractivity contribution is -0.165. The second-order valence-corrected chi connectivity index (χ2v) is 3.79. The number of aliphatic hydroxyl groups excluding tert-OH is 2. The van der Waals surface area contributed by atoms with Crippen molar-refractivity contribution in [3.8, 4) is 0 Å².